The van der Waals surface area contributed by atoms with E-state index < -0.39 is 26.5 Å². The van der Waals surface area contributed by atoms with Gasteiger partial charge in [-0.15, -0.1) is 0 Å². The van der Waals surface area contributed by atoms with Crippen molar-refractivity contribution in [2.75, 3.05) is 5.73 Å². The number of sulfonamides is 1. The molecule has 0 amide bonds. The number of primary sulfonamides is 1. The molecular weight excluding hydrogens is 490 g/mol. The lowest BCUT2D eigenvalue weighted by molar-refractivity contribution is 0.456. The predicted molar refractivity (Wildman–Crippen MR) is 115 cm³/mol. The molecule has 14 heteroatoms. The van der Waals surface area contributed by atoms with E-state index in [1.807, 2.05) is 0 Å². The molecular formula is C17H11Cl2FN6O3S2. The normalized spacial score (nSPS) is 11.6. The van der Waals surface area contributed by atoms with Crippen molar-refractivity contribution in [3.8, 4) is 33.2 Å². The van der Waals surface area contributed by atoms with Crippen LogP contribution < -0.4 is 15.6 Å². The maximum absolute atomic E-state index is 15.3. The number of nitrogens with two attached hydrogens (primary N) is 2. The number of nitrogens with one attached hydrogen (secondary N) is 1. The monoisotopic (exact) mass is 500 g/mol. The second-order valence-corrected chi connectivity index (χ2v) is 9.23. The molecule has 0 radical (unpaired) electrons. The number of nitrogens with zero attached hydrogens (tertiary/aromatic N) is 3. The van der Waals surface area contributed by atoms with Crippen molar-refractivity contribution in [3.63, 3.8) is 0 Å². The van der Waals surface area contributed by atoms with E-state index in [2.05, 4.69) is 19.6 Å². The Morgan fingerprint density at radius 3 is 2.55 bits per heavy atom. The zero-order valence-electron chi connectivity index (χ0n) is 15.1. The first-order valence-electron chi connectivity index (χ1n) is 8.25. The summed E-state index contributed by atoms with van der Waals surface area (Å²) in [6, 6.07) is 5.65. The number of hydrogen-bond acceptors (Lipinski definition) is 8. The smallest absolute Gasteiger partial charge is 0.244 e. The van der Waals surface area contributed by atoms with E-state index in [4.69, 9.17) is 38.8 Å². The van der Waals surface area contributed by atoms with Crippen LogP contribution in [0.15, 0.2) is 41.7 Å². The fourth-order valence-electron chi connectivity index (χ4n) is 2.81. The Bertz CT molecular complexity index is 1390. The first-order chi connectivity index (χ1) is 14.7. The molecule has 0 spiro atoms. The molecule has 160 valence electrons. The maximum atomic E-state index is 15.3. The van der Waals surface area contributed by atoms with Crippen LogP contribution in [-0.2, 0) is 10.0 Å². The van der Waals surface area contributed by atoms with E-state index in [0.717, 1.165) is 11.5 Å². The molecule has 9 nitrogen and oxygen atoms in total. The minimum atomic E-state index is -4.60. The third-order valence-corrected chi connectivity index (χ3v) is 6.27. The highest BCUT2D eigenvalue weighted by Crippen LogP contribution is 2.44. The molecule has 4 rings (SSSR count). The van der Waals surface area contributed by atoms with Gasteiger partial charge < -0.3 is 10.5 Å². The van der Waals surface area contributed by atoms with Crippen LogP contribution in [-0.4, -0.2) is 28.0 Å². The van der Waals surface area contributed by atoms with Crippen molar-refractivity contribution in [1.82, 2.24) is 19.6 Å². The van der Waals surface area contributed by atoms with E-state index in [1.54, 1.807) is 0 Å². The number of hydrogen-bond donors (Lipinski definition) is 3. The number of benzene rings is 2. The van der Waals surface area contributed by atoms with Crippen LogP contribution in [0.2, 0.25) is 10.0 Å². The quantitative estimate of drug-likeness (QED) is 0.373. The van der Waals surface area contributed by atoms with Gasteiger partial charge in [-0.3, -0.25) is 5.10 Å². The number of nitrogen functional groups attached to an aromatic ring is 1. The highest BCUT2D eigenvalue weighted by Gasteiger charge is 2.29. The summed E-state index contributed by atoms with van der Waals surface area (Å²) in [5.74, 6) is -1.37. The molecule has 0 fully saturated rings. The molecule has 0 unspecified atom stereocenters. The number of halogens is 3. The number of aromatic amines is 1. The highest BCUT2D eigenvalue weighted by molar-refractivity contribution is 7.89. The lowest BCUT2D eigenvalue weighted by atomic mass is 10.1. The SMILES string of the molecule is Nc1[nH]ncc1-c1cc(Cl)ccc1Oc1c(Cl)cc(-c2ncns2)c(F)c1S(N)(=O)=O. The molecule has 0 atom stereocenters. The molecule has 5 N–H and O–H groups in total. The van der Waals surface area contributed by atoms with Crippen molar-refractivity contribution >= 4 is 50.6 Å². The van der Waals surface area contributed by atoms with Crippen LogP contribution >= 0.6 is 34.7 Å². The lowest BCUT2D eigenvalue weighted by Crippen LogP contribution is -2.16. The van der Waals surface area contributed by atoms with Gasteiger partial charge in [-0.2, -0.15) is 9.47 Å². The van der Waals surface area contributed by atoms with Gasteiger partial charge in [-0.05, 0) is 35.8 Å². The van der Waals surface area contributed by atoms with Crippen LogP contribution in [0, 0.1) is 5.82 Å². The number of anilines is 1. The van der Waals surface area contributed by atoms with Gasteiger partial charge in [-0.1, -0.05) is 23.2 Å². The fourth-order valence-corrected chi connectivity index (χ4v) is 4.58. The second kappa shape index (κ2) is 8.05. The van der Waals surface area contributed by atoms with Gasteiger partial charge in [0.25, 0.3) is 0 Å². The first kappa shape index (κ1) is 21.5. The number of rotatable bonds is 5. The van der Waals surface area contributed by atoms with Gasteiger partial charge in [0.15, 0.2) is 16.5 Å². The molecule has 0 aliphatic carbocycles. The molecule has 2 aromatic heterocycles. The Balaban J connectivity index is 1.93. The van der Waals surface area contributed by atoms with Gasteiger partial charge in [-0.25, -0.2) is 22.9 Å². The van der Waals surface area contributed by atoms with E-state index in [1.165, 1.54) is 36.8 Å². The van der Waals surface area contributed by atoms with Gasteiger partial charge in [0.2, 0.25) is 10.0 Å². The van der Waals surface area contributed by atoms with Gasteiger partial charge in [0, 0.05) is 16.1 Å². The second-order valence-electron chi connectivity index (χ2n) is 6.11. The van der Waals surface area contributed by atoms with Crippen LogP contribution in [0.1, 0.15) is 0 Å². The fraction of sp³-hybridized carbons (Fsp3) is 0. The van der Waals surface area contributed by atoms with Crippen molar-refractivity contribution in [2.24, 2.45) is 5.14 Å². The zero-order valence-corrected chi connectivity index (χ0v) is 18.3. The molecule has 2 aromatic carbocycles. The standard InChI is InChI=1S/C17H11Cl2FN6O3S2/c18-7-1-2-12(8(3-7)10-5-24-26-16(10)21)29-14-11(19)4-9(17-23-6-25-30-17)13(20)15(14)31(22,27)28/h1-6H,(H3,21,24,26)(H2,22,27,28). The van der Waals surface area contributed by atoms with Crippen LogP contribution in [0.25, 0.3) is 21.7 Å². The Labute approximate surface area is 189 Å². The molecule has 0 aliphatic rings. The van der Waals surface area contributed by atoms with Crippen molar-refractivity contribution in [1.29, 1.82) is 0 Å². The third-order valence-electron chi connectivity index (χ3n) is 4.12. The van der Waals surface area contributed by atoms with Crippen molar-refractivity contribution < 1.29 is 17.5 Å². The van der Waals surface area contributed by atoms with E-state index in [9.17, 15) is 8.42 Å². The van der Waals surface area contributed by atoms with Crippen LogP contribution in [0.3, 0.4) is 0 Å². The number of ether oxygens (including phenoxy) is 1. The summed E-state index contributed by atoms with van der Waals surface area (Å²) in [5, 5.41) is 12.0. The molecule has 0 bridgehead atoms. The molecule has 4 aromatic rings. The summed E-state index contributed by atoms with van der Waals surface area (Å²) >= 11 is 13.2. The summed E-state index contributed by atoms with van der Waals surface area (Å²) in [6.07, 6.45) is 2.62. The average molecular weight is 501 g/mol. The summed E-state index contributed by atoms with van der Waals surface area (Å²) < 4.78 is 49.4. The van der Waals surface area contributed by atoms with Gasteiger partial charge in [0.05, 0.1) is 16.8 Å². The Hall–Kier alpha value is -2.77. The third kappa shape index (κ3) is 4.07. The Kier molecular flexibility index (Phi) is 5.58. The summed E-state index contributed by atoms with van der Waals surface area (Å²) in [5.41, 5.74) is 6.49. The maximum Gasteiger partial charge on any atom is 0.244 e. The summed E-state index contributed by atoms with van der Waals surface area (Å²) in [7, 11) is -4.60. The zero-order chi connectivity index (χ0) is 22.3. The van der Waals surface area contributed by atoms with Crippen LogP contribution in [0.4, 0.5) is 10.2 Å². The molecule has 0 saturated carbocycles. The minimum Gasteiger partial charge on any atom is -0.454 e. The Morgan fingerprint density at radius 2 is 1.94 bits per heavy atom. The molecule has 0 aliphatic heterocycles. The van der Waals surface area contributed by atoms with Crippen molar-refractivity contribution in [2.45, 2.75) is 4.90 Å². The largest absolute Gasteiger partial charge is 0.454 e. The van der Waals surface area contributed by atoms with E-state index >= 15 is 4.39 Å². The predicted octanol–water partition coefficient (Wildman–Crippen LogP) is 4.06. The number of aromatic nitrogens is 4. The highest BCUT2D eigenvalue weighted by atomic mass is 35.5. The first-order valence-corrected chi connectivity index (χ1v) is 11.3. The summed E-state index contributed by atoms with van der Waals surface area (Å²) in [6.45, 7) is 0. The van der Waals surface area contributed by atoms with Crippen molar-refractivity contribution in [3.05, 3.63) is 52.7 Å². The minimum absolute atomic E-state index is 0.0902. The topological polar surface area (TPSA) is 150 Å². The number of H-pyrrole nitrogens is 1. The van der Waals surface area contributed by atoms with Gasteiger partial charge >= 0.3 is 0 Å². The lowest BCUT2D eigenvalue weighted by Gasteiger charge is -2.16. The molecule has 2 heterocycles. The molecule has 0 saturated heterocycles. The Morgan fingerprint density at radius 1 is 1.16 bits per heavy atom. The van der Waals surface area contributed by atoms with Gasteiger partial charge in [0.1, 0.15) is 22.9 Å². The molecule has 31 heavy (non-hydrogen) atoms. The van der Waals surface area contributed by atoms with E-state index in [-0.39, 0.29) is 27.2 Å². The average Bonchev–Trinajstić information content (AvgIpc) is 3.36. The van der Waals surface area contributed by atoms with Crippen LogP contribution in [0.5, 0.6) is 11.5 Å². The van der Waals surface area contributed by atoms with E-state index in [0.29, 0.717) is 16.1 Å². The summed E-state index contributed by atoms with van der Waals surface area (Å²) in [4.78, 5) is 2.96.